The molecule has 0 aliphatic carbocycles. The van der Waals surface area contributed by atoms with Crippen molar-refractivity contribution in [3.8, 4) is 5.75 Å². The monoisotopic (exact) mass is 428 g/mol. The molecule has 2 fully saturated rings. The highest BCUT2D eigenvalue weighted by atomic mass is 16.5. The Hall–Kier alpha value is -2.87. The molecular formula is C23H32N4O4. The minimum Gasteiger partial charge on any atom is -0.497 e. The summed E-state index contributed by atoms with van der Waals surface area (Å²) in [5.41, 5.74) is 0.726. The van der Waals surface area contributed by atoms with Crippen molar-refractivity contribution in [3.05, 3.63) is 41.5 Å². The molecule has 2 aliphatic rings. The minimum atomic E-state index is -1.21. The van der Waals surface area contributed by atoms with Crippen LogP contribution in [0.4, 0.5) is 4.79 Å². The molecule has 8 nitrogen and oxygen atoms in total. The fraction of sp³-hybridized carbons (Fsp3) is 0.522. The van der Waals surface area contributed by atoms with Gasteiger partial charge in [-0.15, -0.1) is 0 Å². The van der Waals surface area contributed by atoms with Crippen molar-refractivity contribution in [1.29, 1.82) is 0 Å². The van der Waals surface area contributed by atoms with Crippen molar-refractivity contribution in [3.63, 3.8) is 0 Å². The normalized spacial score (nSPS) is 22.3. The summed E-state index contributed by atoms with van der Waals surface area (Å²) in [6, 6.07) is 6.45. The van der Waals surface area contributed by atoms with Gasteiger partial charge in [-0.1, -0.05) is 23.8 Å². The summed E-state index contributed by atoms with van der Waals surface area (Å²) < 4.78 is 5.15. The van der Waals surface area contributed by atoms with Gasteiger partial charge < -0.3 is 15.4 Å². The second kappa shape index (κ2) is 9.51. The Kier molecular flexibility index (Phi) is 7.00. The number of hydrogen-bond donors (Lipinski definition) is 2. The Morgan fingerprint density at radius 1 is 1.23 bits per heavy atom. The smallest absolute Gasteiger partial charge is 0.325 e. The summed E-state index contributed by atoms with van der Waals surface area (Å²) in [5, 5.41) is 5.71. The van der Waals surface area contributed by atoms with Crippen LogP contribution in [-0.2, 0) is 15.1 Å². The van der Waals surface area contributed by atoms with Crippen molar-refractivity contribution in [1.82, 2.24) is 20.4 Å². The zero-order valence-corrected chi connectivity index (χ0v) is 18.7. The third-order valence-electron chi connectivity index (χ3n) is 5.95. The number of nitrogens with zero attached hydrogens (tertiary/aromatic N) is 2. The molecular weight excluding hydrogens is 396 g/mol. The molecule has 0 bridgehead atoms. The molecule has 0 radical (unpaired) electrons. The van der Waals surface area contributed by atoms with Crippen LogP contribution in [0.3, 0.4) is 0 Å². The van der Waals surface area contributed by atoms with Crippen molar-refractivity contribution in [2.45, 2.75) is 45.2 Å². The molecule has 31 heavy (non-hydrogen) atoms. The second-order valence-corrected chi connectivity index (χ2v) is 8.60. The third kappa shape index (κ3) is 5.25. The fourth-order valence-electron chi connectivity index (χ4n) is 3.95. The second-order valence-electron chi connectivity index (χ2n) is 8.60. The summed E-state index contributed by atoms with van der Waals surface area (Å²) in [6.07, 6.45) is 3.91. The molecule has 8 heteroatoms. The van der Waals surface area contributed by atoms with Crippen LogP contribution in [0.1, 0.15) is 39.2 Å². The lowest BCUT2D eigenvalue weighted by Gasteiger charge is -2.32. The van der Waals surface area contributed by atoms with E-state index in [1.165, 1.54) is 5.57 Å². The molecule has 3 rings (SSSR count). The molecule has 2 N–H and O–H groups in total. The molecule has 4 amide bonds. The maximum Gasteiger partial charge on any atom is 0.325 e. The van der Waals surface area contributed by atoms with Crippen molar-refractivity contribution in [2.75, 3.05) is 33.3 Å². The number of piperidine rings is 1. The average Bonchev–Trinajstić information content (AvgIpc) is 2.97. The molecule has 2 aliphatic heterocycles. The summed E-state index contributed by atoms with van der Waals surface area (Å²) in [4.78, 5) is 41.4. The quantitative estimate of drug-likeness (QED) is 0.512. The van der Waals surface area contributed by atoms with Crippen LogP contribution in [0.25, 0.3) is 0 Å². The number of allylic oxidation sites excluding steroid dienone is 1. The number of urea groups is 1. The fourth-order valence-corrected chi connectivity index (χ4v) is 3.95. The van der Waals surface area contributed by atoms with Gasteiger partial charge in [0.1, 0.15) is 17.8 Å². The number of carbonyl (C=O) groups is 3. The lowest BCUT2D eigenvalue weighted by molar-refractivity contribution is -0.135. The van der Waals surface area contributed by atoms with Gasteiger partial charge in [0.15, 0.2) is 0 Å². The number of benzene rings is 1. The third-order valence-corrected chi connectivity index (χ3v) is 5.95. The highest BCUT2D eigenvalue weighted by Crippen LogP contribution is 2.29. The van der Waals surface area contributed by atoms with E-state index < -0.39 is 17.5 Å². The summed E-state index contributed by atoms with van der Waals surface area (Å²) in [5.74, 6) is -0.0909. The number of carbonyl (C=O) groups excluding carboxylic acids is 3. The maximum atomic E-state index is 13.0. The molecule has 1 aromatic carbocycles. The molecule has 2 heterocycles. The lowest BCUT2D eigenvalue weighted by atomic mass is 9.92. The molecule has 0 saturated carbocycles. The van der Waals surface area contributed by atoms with Crippen LogP contribution < -0.4 is 15.4 Å². The van der Waals surface area contributed by atoms with E-state index >= 15 is 0 Å². The molecule has 1 unspecified atom stereocenters. The van der Waals surface area contributed by atoms with Crippen molar-refractivity contribution >= 4 is 17.8 Å². The Bertz CT molecular complexity index is 855. The summed E-state index contributed by atoms with van der Waals surface area (Å²) in [6.45, 7) is 8.28. The standard InChI is InChI=1S/C23H32N4O4/c1-16(2)9-12-26-13-10-18(11-14-26)24-20(28)15-27-21(29)23(3,25-22(27)30)17-5-7-19(31-4)8-6-17/h5-9,18H,10-15H2,1-4H3,(H,24,28)(H,25,30). The lowest BCUT2D eigenvalue weighted by Crippen LogP contribution is -2.48. The highest BCUT2D eigenvalue weighted by Gasteiger charge is 2.49. The van der Waals surface area contributed by atoms with Crippen molar-refractivity contribution in [2.24, 2.45) is 0 Å². The van der Waals surface area contributed by atoms with Crippen LogP contribution in [-0.4, -0.2) is 67.0 Å². The van der Waals surface area contributed by atoms with Gasteiger partial charge in [-0.3, -0.25) is 19.4 Å². The first kappa shape index (κ1) is 22.8. The molecule has 1 atom stereocenters. The van der Waals surface area contributed by atoms with Crippen molar-refractivity contribution < 1.29 is 19.1 Å². The van der Waals surface area contributed by atoms with E-state index in [9.17, 15) is 14.4 Å². The minimum absolute atomic E-state index is 0.0594. The number of ether oxygens (including phenoxy) is 1. The van der Waals surface area contributed by atoms with E-state index in [4.69, 9.17) is 4.74 Å². The first-order valence-corrected chi connectivity index (χ1v) is 10.7. The summed E-state index contributed by atoms with van der Waals surface area (Å²) in [7, 11) is 1.56. The van der Waals surface area contributed by atoms with Crippen LogP contribution in [0.5, 0.6) is 5.75 Å². The predicted octanol–water partition coefficient (Wildman–Crippen LogP) is 2.01. The van der Waals surface area contributed by atoms with E-state index in [2.05, 4.69) is 35.5 Å². The number of likely N-dealkylation sites (tertiary alicyclic amines) is 1. The molecule has 2 saturated heterocycles. The van der Waals surface area contributed by atoms with Gasteiger partial charge in [-0.2, -0.15) is 0 Å². The van der Waals surface area contributed by atoms with Gasteiger partial charge in [0.25, 0.3) is 5.91 Å². The number of hydrogen-bond acceptors (Lipinski definition) is 5. The van der Waals surface area contributed by atoms with Crippen LogP contribution in [0.15, 0.2) is 35.9 Å². The van der Waals surface area contributed by atoms with Gasteiger partial charge in [-0.25, -0.2) is 4.79 Å². The number of imide groups is 1. The van der Waals surface area contributed by atoms with Crippen LogP contribution in [0, 0.1) is 0 Å². The predicted molar refractivity (Wildman–Crippen MR) is 118 cm³/mol. The van der Waals surface area contributed by atoms with E-state index in [1.807, 2.05) is 0 Å². The van der Waals surface area contributed by atoms with Gasteiger partial charge in [0.05, 0.1) is 7.11 Å². The Morgan fingerprint density at radius 2 is 1.87 bits per heavy atom. The largest absolute Gasteiger partial charge is 0.497 e. The first-order chi connectivity index (χ1) is 14.7. The Labute approximate surface area is 183 Å². The SMILES string of the molecule is COc1ccc(C2(C)NC(=O)N(CC(=O)NC3CCN(CC=C(C)C)CC3)C2=O)cc1. The highest BCUT2D eigenvalue weighted by molar-refractivity contribution is 6.09. The van der Waals surface area contributed by atoms with E-state index in [0.29, 0.717) is 11.3 Å². The summed E-state index contributed by atoms with van der Waals surface area (Å²) >= 11 is 0. The van der Waals surface area contributed by atoms with E-state index in [-0.39, 0.29) is 18.5 Å². The number of amides is 4. The maximum absolute atomic E-state index is 13.0. The molecule has 1 aromatic rings. The average molecular weight is 429 g/mol. The number of methoxy groups -OCH3 is 1. The topological polar surface area (TPSA) is 91.0 Å². The van der Waals surface area contributed by atoms with Crippen LogP contribution >= 0.6 is 0 Å². The number of rotatable bonds is 7. The van der Waals surface area contributed by atoms with Gasteiger partial charge in [-0.05, 0) is 51.3 Å². The van der Waals surface area contributed by atoms with E-state index in [1.54, 1.807) is 38.3 Å². The zero-order valence-electron chi connectivity index (χ0n) is 18.7. The Balaban J connectivity index is 1.55. The van der Waals surface area contributed by atoms with E-state index in [0.717, 1.165) is 37.4 Å². The van der Waals surface area contributed by atoms with Gasteiger partial charge in [0, 0.05) is 25.7 Å². The van der Waals surface area contributed by atoms with Gasteiger partial charge in [0.2, 0.25) is 5.91 Å². The number of nitrogens with one attached hydrogen (secondary N) is 2. The zero-order chi connectivity index (χ0) is 22.6. The molecule has 0 aromatic heterocycles. The first-order valence-electron chi connectivity index (χ1n) is 10.7. The van der Waals surface area contributed by atoms with Crippen LogP contribution in [0.2, 0.25) is 0 Å². The van der Waals surface area contributed by atoms with Gasteiger partial charge >= 0.3 is 6.03 Å². The Morgan fingerprint density at radius 3 is 2.45 bits per heavy atom. The molecule has 0 spiro atoms. The molecule has 168 valence electrons.